The summed E-state index contributed by atoms with van der Waals surface area (Å²) in [5.41, 5.74) is 2.54. The van der Waals surface area contributed by atoms with Gasteiger partial charge in [0.1, 0.15) is 5.69 Å². The highest BCUT2D eigenvalue weighted by molar-refractivity contribution is 8.00. The van der Waals surface area contributed by atoms with E-state index in [0.717, 1.165) is 11.1 Å². The number of rotatable bonds is 6. The lowest BCUT2D eigenvalue weighted by atomic mass is 10.1. The number of oxazole rings is 1. The number of thioether (sulfide) groups is 1. The first-order chi connectivity index (χ1) is 13.6. The van der Waals surface area contributed by atoms with E-state index in [2.05, 4.69) is 15.6 Å². The van der Waals surface area contributed by atoms with Gasteiger partial charge in [-0.3, -0.25) is 10.1 Å². The average Bonchev–Trinajstić information content (AvgIpc) is 3.13. The minimum absolute atomic E-state index is 0.372. The fourth-order valence-electron chi connectivity index (χ4n) is 2.55. The standard InChI is InChI=1S/C21H21N3O3S/c1-3-22-20(26)24-19(25)14(2)28-21-23-17(15-10-6-4-7-11-15)18(27-21)16-12-8-5-9-13-16/h4-14H,3H2,1-2H3,(H2,22,24,25,26)/t14-/m1/s1. The monoisotopic (exact) mass is 395 g/mol. The van der Waals surface area contributed by atoms with E-state index in [1.165, 1.54) is 11.8 Å². The number of urea groups is 1. The molecular formula is C21H21N3O3S. The Labute approximate surface area is 167 Å². The fraction of sp³-hybridized carbons (Fsp3) is 0.190. The average molecular weight is 395 g/mol. The molecule has 0 aliphatic rings. The zero-order chi connectivity index (χ0) is 19.9. The molecule has 0 fully saturated rings. The first-order valence-electron chi connectivity index (χ1n) is 8.95. The van der Waals surface area contributed by atoms with Gasteiger partial charge in [-0.1, -0.05) is 72.4 Å². The van der Waals surface area contributed by atoms with E-state index >= 15 is 0 Å². The zero-order valence-electron chi connectivity index (χ0n) is 15.6. The summed E-state index contributed by atoms with van der Waals surface area (Å²) in [5, 5.41) is 4.66. The van der Waals surface area contributed by atoms with Crippen LogP contribution in [0.5, 0.6) is 0 Å². The van der Waals surface area contributed by atoms with Crippen LogP contribution in [0.15, 0.2) is 70.3 Å². The van der Waals surface area contributed by atoms with Crippen molar-refractivity contribution in [2.24, 2.45) is 0 Å². The summed E-state index contributed by atoms with van der Waals surface area (Å²) < 4.78 is 6.00. The predicted molar refractivity (Wildman–Crippen MR) is 110 cm³/mol. The highest BCUT2D eigenvalue weighted by atomic mass is 32.2. The maximum absolute atomic E-state index is 12.2. The molecule has 7 heteroatoms. The van der Waals surface area contributed by atoms with E-state index in [0.29, 0.717) is 23.2 Å². The van der Waals surface area contributed by atoms with Crippen molar-refractivity contribution in [3.8, 4) is 22.6 Å². The summed E-state index contributed by atoms with van der Waals surface area (Å²) in [6.45, 7) is 3.93. The fourth-order valence-corrected chi connectivity index (χ4v) is 3.29. The van der Waals surface area contributed by atoms with E-state index in [1.807, 2.05) is 60.7 Å². The molecule has 1 aromatic heterocycles. The van der Waals surface area contributed by atoms with Crippen LogP contribution in [0.1, 0.15) is 13.8 Å². The molecule has 3 rings (SSSR count). The molecule has 2 N–H and O–H groups in total. The van der Waals surface area contributed by atoms with E-state index in [4.69, 9.17) is 4.42 Å². The Morgan fingerprint density at radius 2 is 1.64 bits per heavy atom. The number of carbonyl (C=O) groups excluding carboxylic acids is 2. The maximum atomic E-state index is 12.2. The van der Waals surface area contributed by atoms with Crippen LogP contribution >= 0.6 is 11.8 Å². The molecule has 0 saturated carbocycles. The number of carbonyl (C=O) groups is 2. The number of nitrogens with zero attached hydrogens (tertiary/aromatic N) is 1. The lowest BCUT2D eigenvalue weighted by Crippen LogP contribution is -2.42. The summed E-state index contributed by atoms with van der Waals surface area (Å²) in [4.78, 5) is 28.4. The summed E-state index contributed by atoms with van der Waals surface area (Å²) in [7, 11) is 0. The van der Waals surface area contributed by atoms with E-state index in [1.54, 1.807) is 13.8 Å². The Bertz CT molecular complexity index is 885. The van der Waals surface area contributed by atoms with Crippen LogP contribution in [-0.4, -0.2) is 28.7 Å². The van der Waals surface area contributed by atoms with E-state index in [9.17, 15) is 9.59 Å². The van der Waals surface area contributed by atoms with Gasteiger partial charge in [0.2, 0.25) is 5.91 Å². The summed E-state index contributed by atoms with van der Waals surface area (Å²) in [6, 6.07) is 18.9. The number of nitrogens with one attached hydrogen (secondary N) is 2. The van der Waals surface area contributed by atoms with Gasteiger partial charge < -0.3 is 9.73 Å². The van der Waals surface area contributed by atoms with Crippen molar-refractivity contribution in [1.29, 1.82) is 0 Å². The zero-order valence-corrected chi connectivity index (χ0v) is 16.5. The van der Waals surface area contributed by atoms with Crippen LogP contribution in [0.2, 0.25) is 0 Å². The number of amides is 3. The van der Waals surface area contributed by atoms with Crippen molar-refractivity contribution in [3.63, 3.8) is 0 Å². The molecule has 1 heterocycles. The van der Waals surface area contributed by atoms with Crippen LogP contribution in [0.3, 0.4) is 0 Å². The second kappa shape index (κ2) is 9.23. The maximum Gasteiger partial charge on any atom is 0.321 e. The SMILES string of the molecule is CCNC(=O)NC(=O)[C@@H](C)Sc1nc(-c2ccccc2)c(-c2ccccc2)o1. The molecule has 2 aromatic carbocycles. The first kappa shape index (κ1) is 19.7. The third-order valence-corrected chi connectivity index (χ3v) is 4.86. The van der Waals surface area contributed by atoms with Gasteiger partial charge in [-0.15, -0.1) is 0 Å². The molecule has 1 atom stereocenters. The first-order valence-corrected chi connectivity index (χ1v) is 9.83. The molecule has 0 aliphatic carbocycles. The highest BCUT2D eigenvalue weighted by Gasteiger charge is 2.22. The number of hydrogen-bond acceptors (Lipinski definition) is 5. The van der Waals surface area contributed by atoms with Gasteiger partial charge in [0.05, 0.1) is 5.25 Å². The third-order valence-electron chi connectivity index (χ3n) is 3.91. The largest absolute Gasteiger partial charge is 0.431 e. The van der Waals surface area contributed by atoms with Gasteiger partial charge in [-0.2, -0.15) is 0 Å². The Morgan fingerprint density at radius 3 is 2.25 bits per heavy atom. The van der Waals surface area contributed by atoms with Crippen LogP contribution < -0.4 is 10.6 Å². The molecule has 144 valence electrons. The molecule has 0 bridgehead atoms. The molecule has 0 spiro atoms. The second-order valence-corrected chi connectivity index (χ2v) is 7.29. The summed E-state index contributed by atoms with van der Waals surface area (Å²) in [6.07, 6.45) is 0. The van der Waals surface area contributed by atoms with Gasteiger partial charge in [0, 0.05) is 17.7 Å². The minimum Gasteiger partial charge on any atom is -0.431 e. The van der Waals surface area contributed by atoms with Gasteiger partial charge in [-0.25, -0.2) is 9.78 Å². The number of hydrogen-bond donors (Lipinski definition) is 2. The molecule has 0 aliphatic heterocycles. The Kier molecular flexibility index (Phi) is 6.49. The van der Waals surface area contributed by atoms with Gasteiger partial charge in [0.15, 0.2) is 5.76 Å². The quantitative estimate of drug-likeness (QED) is 0.607. The normalized spacial score (nSPS) is 11.6. The Balaban J connectivity index is 1.85. The lowest BCUT2D eigenvalue weighted by Gasteiger charge is -2.09. The number of benzene rings is 2. The van der Waals surface area contributed by atoms with Crippen molar-refractivity contribution in [3.05, 3.63) is 60.7 Å². The van der Waals surface area contributed by atoms with E-state index in [-0.39, 0.29) is 0 Å². The summed E-state index contributed by atoms with van der Waals surface area (Å²) >= 11 is 1.17. The molecular weight excluding hydrogens is 374 g/mol. The Hall–Kier alpha value is -3.06. The van der Waals surface area contributed by atoms with Crippen molar-refractivity contribution >= 4 is 23.7 Å². The molecule has 28 heavy (non-hydrogen) atoms. The van der Waals surface area contributed by atoms with Crippen LogP contribution in [-0.2, 0) is 4.79 Å². The molecule has 0 unspecified atom stereocenters. The highest BCUT2D eigenvalue weighted by Crippen LogP contribution is 2.36. The van der Waals surface area contributed by atoms with Crippen molar-refractivity contribution in [2.75, 3.05) is 6.54 Å². The van der Waals surface area contributed by atoms with Crippen molar-refractivity contribution in [1.82, 2.24) is 15.6 Å². The predicted octanol–water partition coefficient (Wildman–Crippen LogP) is 4.33. The van der Waals surface area contributed by atoms with Crippen molar-refractivity contribution < 1.29 is 14.0 Å². The van der Waals surface area contributed by atoms with Crippen molar-refractivity contribution in [2.45, 2.75) is 24.3 Å². The molecule has 0 saturated heterocycles. The molecule has 3 amide bonds. The third kappa shape index (κ3) is 4.80. The van der Waals surface area contributed by atoms with Gasteiger partial charge in [-0.05, 0) is 13.8 Å². The smallest absolute Gasteiger partial charge is 0.321 e. The second-order valence-electron chi connectivity index (χ2n) is 6.00. The summed E-state index contributed by atoms with van der Waals surface area (Å²) in [5.74, 6) is 0.238. The lowest BCUT2D eigenvalue weighted by molar-refractivity contribution is -0.119. The van der Waals surface area contributed by atoms with Crippen LogP contribution in [0.4, 0.5) is 4.79 Å². The molecule has 0 radical (unpaired) electrons. The van der Waals surface area contributed by atoms with Gasteiger partial charge >= 0.3 is 6.03 Å². The van der Waals surface area contributed by atoms with Gasteiger partial charge in [0.25, 0.3) is 5.22 Å². The topological polar surface area (TPSA) is 84.2 Å². The van der Waals surface area contributed by atoms with Crippen LogP contribution in [0.25, 0.3) is 22.6 Å². The minimum atomic E-state index is -0.548. The molecule has 3 aromatic rings. The number of aromatic nitrogens is 1. The Morgan fingerprint density at radius 1 is 1.04 bits per heavy atom. The number of imide groups is 1. The molecule has 6 nitrogen and oxygen atoms in total. The van der Waals surface area contributed by atoms with E-state index < -0.39 is 17.2 Å². The van der Waals surface area contributed by atoms with Crippen LogP contribution in [0, 0.1) is 0 Å².